The fourth-order valence-corrected chi connectivity index (χ4v) is 2.65. The summed E-state index contributed by atoms with van der Waals surface area (Å²) < 4.78 is 20.3. The van der Waals surface area contributed by atoms with Gasteiger partial charge < -0.3 is 18.9 Å². The molecule has 124 valence electrons. The lowest BCUT2D eigenvalue weighted by atomic mass is 10.1. The van der Waals surface area contributed by atoms with Gasteiger partial charge in [0.1, 0.15) is 24.3 Å². The third-order valence-corrected chi connectivity index (χ3v) is 3.74. The Kier molecular flexibility index (Phi) is 7.97. The first-order valence-electron chi connectivity index (χ1n) is 6.75. The molecule has 1 heterocycles. The smallest absolute Gasteiger partial charge is 0.306 e. The van der Waals surface area contributed by atoms with Crippen LogP contribution in [0.5, 0.6) is 0 Å². The highest BCUT2D eigenvalue weighted by Gasteiger charge is 2.30. The Bertz CT molecular complexity index is 435. The van der Waals surface area contributed by atoms with E-state index < -0.39 is 24.1 Å². The van der Waals surface area contributed by atoms with Crippen molar-refractivity contribution in [1.29, 1.82) is 0 Å². The van der Waals surface area contributed by atoms with E-state index in [1.54, 1.807) is 12.2 Å². The molecule has 0 saturated heterocycles. The zero-order valence-electron chi connectivity index (χ0n) is 12.8. The van der Waals surface area contributed by atoms with Gasteiger partial charge in [-0.15, -0.1) is 11.8 Å². The van der Waals surface area contributed by atoms with Gasteiger partial charge in [-0.2, -0.15) is 0 Å². The summed E-state index contributed by atoms with van der Waals surface area (Å²) in [4.78, 5) is 33.1. The molecule has 0 aliphatic carbocycles. The maximum Gasteiger partial charge on any atom is 0.306 e. The number of thioether (sulfide) groups is 1. The van der Waals surface area contributed by atoms with Crippen molar-refractivity contribution in [3.63, 3.8) is 0 Å². The van der Waals surface area contributed by atoms with E-state index in [4.69, 9.17) is 14.2 Å². The topological polar surface area (TPSA) is 88.1 Å². The Hall–Kier alpha value is -1.54. The van der Waals surface area contributed by atoms with E-state index in [1.165, 1.54) is 32.7 Å². The van der Waals surface area contributed by atoms with Gasteiger partial charge in [0, 0.05) is 19.6 Å². The van der Waals surface area contributed by atoms with Crippen LogP contribution in [0.2, 0.25) is 0 Å². The molecule has 0 aromatic carbocycles. The monoisotopic (exact) mass is 332 g/mol. The van der Waals surface area contributed by atoms with Crippen molar-refractivity contribution in [2.24, 2.45) is 0 Å². The molecule has 0 aromatic heterocycles. The van der Waals surface area contributed by atoms with Gasteiger partial charge in [0.05, 0.1) is 13.5 Å². The molecule has 1 aliphatic heterocycles. The Labute approximate surface area is 133 Å². The van der Waals surface area contributed by atoms with Crippen LogP contribution in [-0.4, -0.2) is 55.0 Å². The Balaban J connectivity index is 2.54. The van der Waals surface area contributed by atoms with Gasteiger partial charge in [-0.25, -0.2) is 0 Å². The van der Waals surface area contributed by atoms with Crippen LogP contribution in [0.15, 0.2) is 12.2 Å². The lowest BCUT2D eigenvalue weighted by Gasteiger charge is -2.31. The molecule has 0 aromatic rings. The quantitative estimate of drug-likeness (QED) is 0.388. The summed E-state index contributed by atoms with van der Waals surface area (Å²) >= 11 is 1.41. The zero-order chi connectivity index (χ0) is 16.5. The van der Waals surface area contributed by atoms with Crippen molar-refractivity contribution >= 4 is 29.7 Å². The minimum atomic E-state index is -0.602. The van der Waals surface area contributed by atoms with E-state index >= 15 is 0 Å². The molecule has 0 bridgehead atoms. The van der Waals surface area contributed by atoms with Gasteiger partial charge in [0.25, 0.3) is 0 Å². The average Bonchev–Trinajstić information content (AvgIpc) is 2.46. The SMILES string of the molecule is COC(=O)CCSC1C=C[C@H](OC(C)=O)[C@@H](COC(C)=O)O1. The fraction of sp³-hybridized carbons (Fsp3) is 0.643. The highest BCUT2D eigenvalue weighted by molar-refractivity contribution is 7.99. The zero-order valence-corrected chi connectivity index (χ0v) is 13.6. The molecule has 0 spiro atoms. The molecule has 8 heteroatoms. The van der Waals surface area contributed by atoms with Gasteiger partial charge in [-0.05, 0) is 12.2 Å². The summed E-state index contributed by atoms with van der Waals surface area (Å²) in [6, 6.07) is 0. The van der Waals surface area contributed by atoms with Gasteiger partial charge in [0.15, 0.2) is 0 Å². The van der Waals surface area contributed by atoms with Crippen molar-refractivity contribution < 1.29 is 33.3 Å². The summed E-state index contributed by atoms with van der Waals surface area (Å²) in [7, 11) is 1.34. The summed E-state index contributed by atoms with van der Waals surface area (Å²) in [5.74, 6) is -0.640. The van der Waals surface area contributed by atoms with Gasteiger partial charge >= 0.3 is 17.9 Å². The maximum atomic E-state index is 11.1. The number of hydrogen-bond acceptors (Lipinski definition) is 8. The van der Waals surface area contributed by atoms with E-state index in [-0.39, 0.29) is 24.4 Å². The first kappa shape index (κ1) is 18.5. The van der Waals surface area contributed by atoms with E-state index in [1.807, 2.05) is 0 Å². The normalized spacial score (nSPS) is 23.7. The van der Waals surface area contributed by atoms with Crippen molar-refractivity contribution in [1.82, 2.24) is 0 Å². The number of carbonyl (C=O) groups excluding carboxylic acids is 3. The van der Waals surface area contributed by atoms with Gasteiger partial charge in [0.2, 0.25) is 0 Å². The standard InChI is InChI=1S/C14H20O7S/c1-9(15)19-8-12-11(20-10(2)16)4-5-14(21-12)22-7-6-13(17)18-3/h4-5,11-12,14H,6-8H2,1-3H3/t11-,12+,14?/m0/s1. The Morgan fingerprint density at radius 1 is 1.18 bits per heavy atom. The van der Waals surface area contributed by atoms with Crippen molar-refractivity contribution in [3.8, 4) is 0 Å². The highest BCUT2D eigenvalue weighted by atomic mass is 32.2. The molecular formula is C14H20O7S. The van der Waals surface area contributed by atoms with Crippen LogP contribution in [0.3, 0.4) is 0 Å². The summed E-state index contributed by atoms with van der Waals surface area (Å²) in [5, 5.41) is 0. The lowest BCUT2D eigenvalue weighted by molar-refractivity contribution is -0.160. The van der Waals surface area contributed by atoms with Crippen LogP contribution in [0.4, 0.5) is 0 Å². The minimum Gasteiger partial charge on any atom is -0.469 e. The molecule has 1 rings (SSSR count). The summed E-state index contributed by atoms with van der Waals surface area (Å²) in [6.45, 7) is 2.59. The van der Waals surface area contributed by atoms with Crippen LogP contribution in [-0.2, 0) is 33.3 Å². The predicted octanol–water partition coefficient (Wildman–Crippen LogP) is 1.06. The molecule has 7 nitrogen and oxygen atoms in total. The maximum absolute atomic E-state index is 11.1. The third-order valence-electron chi connectivity index (χ3n) is 2.70. The van der Waals surface area contributed by atoms with Crippen LogP contribution < -0.4 is 0 Å². The summed E-state index contributed by atoms with van der Waals surface area (Å²) in [6.07, 6.45) is 2.55. The molecule has 1 aliphatic rings. The molecule has 0 N–H and O–H groups in total. The molecule has 3 atom stereocenters. The van der Waals surface area contributed by atoms with E-state index in [2.05, 4.69) is 4.74 Å². The third kappa shape index (κ3) is 6.95. The van der Waals surface area contributed by atoms with Crippen molar-refractivity contribution in [2.45, 2.75) is 37.9 Å². The Morgan fingerprint density at radius 3 is 2.50 bits per heavy atom. The molecule has 0 fully saturated rings. The molecule has 22 heavy (non-hydrogen) atoms. The average molecular weight is 332 g/mol. The van der Waals surface area contributed by atoms with E-state index in [9.17, 15) is 14.4 Å². The van der Waals surface area contributed by atoms with Crippen molar-refractivity contribution in [2.75, 3.05) is 19.5 Å². The second-order valence-corrected chi connectivity index (χ2v) is 5.71. The number of carbonyl (C=O) groups is 3. The first-order valence-corrected chi connectivity index (χ1v) is 7.80. The lowest BCUT2D eigenvalue weighted by Crippen LogP contribution is -2.40. The molecule has 0 radical (unpaired) electrons. The molecule has 0 amide bonds. The predicted molar refractivity (Wildman–Crippen MR) is 79.1 cm³/mol. The molecule has 1 unspecified atom stereocenters. The Morgan fingerprint density at radius 2 is 1.91 bits per heavy atom. The van der Waals surface area contributed by atoms with Crippen molar-refractivity contribution in [3.05, 3.63) is 12.2 Å². The van der Waals surface area contributed by atoms with Gasteiger partial charge in [-0.3, -0.25) is 14.4 Å². The van der Waals surface area contributed by atoms with Crippen LogP contribution in [0.25, 0.3) is 0 Å². The second-order valence-electron chi connectivity index (χ2n) is 4.50. The summed E-state index contributed by atoms with van der Waals surface area (Å²) in [5.41, 5.74) is -0.308. The number of hydrogen-bond donors (Lipinski definition) is 0. The molecule has 0 saturated carbocycles. The number of ether oxygens (including phenoxy) is 4. The first-order chi connectivity index (χ1) is 10.4. The van der Waals surface area contributed by atoms with Gasteiger partial charge in [-0.1, -0.05) is 0 Å². The van der Waals surface area contributed by atoms with Crippen LogP contribution in [0, 0.1) is 0 Å². The van der Waals surface area contributed by atoms with Crippen LogP contribution in [0.1, 0.15) is 20.3 Å². The van der Waals surface area contributed by atoms with E-state index in [0.29, 0.717) is 5.75 Å². The minimum absolute atomic E-state index is 0.00825. The molecular weight excluding hydrogens is 312 g/mol. The fourth-order valence-electron chi connectivity index (χ4n) is 1.71. The van der Waals surface area contributed by atoms with E-state index in [0.717, 1.165) is 0 Å². The van der Waals surface area contributed by atoms with Crippen LogP contribution >= 0.6 is 11.8 Å². The number of esters is 3. The highest BCUT2D eigenvalue weighted by Crippen LogP contribution is 2.24. The number of methoxy groups -OCH3 is 1. The second kappa shape index (κ2) is 9.47. The number of rotatable bonds is 7. The largest absolute Gasteiger partial charge is 0.469 e.